The molecule has 2 nitrogen and oxygen atoms in total. The number of hydrogen-bond acceptors (Lipinski definition) is 2. The van der Waals surface area contributed by atoms with Crippen molar-refractivity contribution in [3.63, 3.8) is 0 Å². The summed E-state index contributed by atoms with van der Waals surface area (Å²) in [4.78, 5) is 11.3. The van der Waals surface area contributed by atoms with E-state index in [0.29, 0.717) is 11.7 Å². The van der Waals surface area contributed by atoms with E-state index in [2.05, 4.69) is 6.58 Å². The lowest BCUT2D eigenvalue weighted by molar-refractivity contribution is 0.104. The fourth-order valence-electron chi connectivity index (χ4n) is 1.22. The average molecular weight is 188 g/mol. The molecule has 0 aromatic heterocycles. The Hall–Kier alpha value is -1.57. The molecule has 0 bridgehead atoms. The molecule has 1 aliphatic rings. The minimum absolute atomic E-state index is 0.0637. The molecular formula is C12H12O2. The maximum atomic E-state index is 11.3. The van der Waals surface area contributed by atoms with Gasteiger partial charge in [-0.15, -0.1) is 0 Å². The molecule has 0 atom stereocenters. The van der Waals surface area contributed by atoms with Crippen molar-refractivity contribution in [2.75, 3.05) is 0 Å². The molecule has 2 rings (SSSR count). The number of benzene rings is 1. The van der Waals surface area contributed by atoms with Crippen LogP contribution < -0.4 is 4.74 Å². The van der Waals surface area contributed by atoms with Crippen LogP contribution in [-0.2, 0) is 0 Å². The first kappa shape index (κ1) is 9.00. The molecule has 1 aliphatic carbocycles. The van der Waals surface area contributed by atoms with E-state index in [4.69, 9.17) is 4.74 Å². The first-order valence-corrected chi connectivity index (χ1v) is 4.73. The highest BCUT2D eigenvalue weighted by Gasteiger charge is 2.23. The van der Waals surface area contributed by atoms with Gasteiger partial charge in [-0.1, -0.05) is 18.7 Å². The summed E-state index contributed by atoms with van der Waals surface area (Å²) in [7, 11) is 0. The molecule has 14 heavy (non-hydrogen) atoms. The van der Waals surface area contributed by atoms with Crippen LogP contribution in [0.15, 0.2) is 36.9 Å². The molecule has 1 aromatic rings. The van der Waals surface area contributed by atoms with Crippen LogP contribution in [0.1, 0.15) is 23.2 Å². The average Bonchev–Trinajstić information content (AvgIpc) is 3.01. The first-order chi connectivity index (χ1) is 6.79. The third kappa shape index (κ3) is 2.02. The first-order valence-electron chi connectivity index (χ1n) is 4.73. The lowest BCUT2D eigenvalue weighted by Gasteiger charge is -2.04. The number of ether oxygens (including phenoxy) is 1. The van der Waals surface area contributed by atoms with Crippen molar-refractivity contribution in [1.29, 1.82) is 0 Å². The van der Waals surface area contributed by atoms with E-state index in [1.807, 2.05) is 12.1 Å². The van der Waals surface area contributed by atoms with Crippen molar-refractivity contribution in [1.82, 2.24) is 0 Å². The van der Waals surface area contributed by atoms with Crippen molar-refractivity contribution >= 4 is 5.78 Å². The maximum Gasteiger partial charge on any atom is 0.185 e. The number of carbonyl (C=O) groups excluding carboxylic acids is 1. The van der Waals surface area contributed by atoms with Crippen LogP contribution in [0.2, 0.25) is 0 Å². The smallest absolute Gasteiger partial charge is 0.185 e. The fraction of sp³-hybridized carbons (Fsp3) is 0.250. The molecule has 0 unspecified atom stereocenters. The van der Waals surface area contributed by atoms with Gasteiger partial charge in [0.2, 0.25) is 0 Å². The third-order valence-corrected chi connectivity index (χ3v) is 2.13. The summed E-state index contributed by atoms with van der Waals surface area (Å²) in [6.07, 6.45) is 3.93. The van der Waals surface area contributed by atoms with Gasteiger partial charge in [-0.25, -0.2) is 0 Å². The Balaban J connectivity index is 2.16. The standard InChI is InChI=1S/C12H12O2/c1-2-12(13)9-4-3-5-11(8-9)14-10-6-7-10/h2-5,8,10H,1,6-7H2. The highest BCUT2D eigenvalue weighted by atomic mass is 16.5. The zero-order chi connectivity index (χ0) is 9.97. The molecule has 2 heteroatoms. The third-order valence-electron chi connectivity index (χ3n) is 2.13. The molecular weight excluding hydrogens is 176 g/mol. The van der Waals surface area contributed by atoms with Crippen LogP contribution in [-0.4, -0.2) is 11.9 Å². The van der Waals surface area contributed by atoms with E-state index in [1.54, 1.807) is 12.1 Å². The van der Waals surface area contributed by atoms with Crippen LogP contribution in [0.3, 0.4) is 0 Å². The van der Waals surface area contributed by atoms with Gasteiger partial charge in [0.15, 0.2) is 5.78 Å². The van der Waals surface area contributed by atoms with Gasteiger partial charge in [0.1, 0.15) is 5.75 Å². The second-order valence-electron chi connectivity index (χ2n) is 3.41. The summed E-state index contributed by atoms with van der Waals surface area (Å²) in [5.41, 5.74) is 0.637. The van der Waals surface area contributed by atoms with Crippen LogP contribution in [0, 0.1) is 0 Å². The predicted molar refractivity (Wildman–Crippen MR) is 54.6 cm³/mol. The van der Waals surface area contributed by atoms with Crippen LogP contribution in [0.25, 0.3) is 0 Å². The summed E-state index contributed by atoms with van der Waals surface area (Å²) in [6, 6.07) is 7.23. The number of rotatable bonds is 4. The van der Waals surface area contributed by atoms with Gasteiger partial charge in [-0.05, 0) is 31.1 Å². The monoisotopic (exact) mass is 188 g/mol. The van der Waals surface area contributed by atoms with Gasteiger partial charge in [-0.3, -0.25) is 4.79 Å². The SMILES string of the molecule is C=CC(=O)c1cccc(OC2CC2)c1. The van der Waals surface area contributed by atoms with E-state index in [9.17, 15) is 4.79 Å². The minimum atomic E-state index is -0.0637. The van der Waals surface area contributed by atoms with Gasteiger partial charge >= 0.3 is 0 Å². The van der Waals surface area contributed by atoms with Crippen molar-refractivity contribution in [3.05, 3.63) is 42.5 Å². The minimum Gasteiger partial charge on any atom is -0.490 e. The van der Waals surface area contributed by atoms with E-state index in [1.165, 1.54) is 6.08 Å². The topological polar surface area (TPSA) is 26.3 Å². The molecule has 0 saturated heterocycles. The Labute approximate surface area is 83.2 Å². The van der Waals surface area contributed by atoms with Gasteiger partial charge < -0.3 is 4.74 Å². The normalized spacial score (nSPS) is 14.9. The van der Waals surface area contributed by atoms with Crippen molar-refractivity contribution in [2.45, 2.75) is 18.9 Å². The summed E-state index contributed by atoms with van der Waals surface area (Å²) >= 11 is 0. The summed E-state index contributed by atoms with van der Waals surface area (Å²) < 4.78 is 5.57. The van der Waals surface area contributed by atoms with Crippen LogP contribution in [0.4, 0.5) is 0 Å². The van der Waals surface area contributed by atoms with Crippen LogP contribution >= 0.6 is 0 Å². The fourth-order valence-corrected chi connectivity index (χ4v) is 1.22. The molecule has 0 spiro atoms. The molecule has 0 radical (unpaired) electrons. The predicted octanol–water partition coefficient (Wildman–Crippen LogP) is 2.60. The number of ketones is 1. The van der Waals surface area contributed by atoms with Gasteiger partial charge in [0.25, 0.3) is 0 Å². The van der Waals surface area contributed by atoms with Gasteiger partial charge in [-0.2, -0.15) is 0 Å². The molecule has 72 valence electrons. The zero-order valence-corrected chi connectivity index (χ0v) is 7.90. The van der Waals surface area contributed by atoms with Crippen molar-refractivity contribution in [3.8, 4) is 5.75 Å². The Morgan fingerprint density at radius 3 is 2.93 bits per heavy atom. The maximum absolute atomic E-state index is 11.3. The molecule has 0 amide bonds. The van der Waals surface area contributed by atoms with E-state index in [0.717, 1.165) is 18.6 Å². The van der Waals surface area contributed by atoms with Crippen LogP contribution in [0.5, 0.6) is 5.75 Å². The highest BCUT2D eigenvalue weighted by Crippen LogP contribution is 2.27. The van der Waals surface area contributed by atoms with E-state index in [-0.39, 0.29) is 5.78 Å². The van der Waals surface area contributed by atoms with E-state index >= 15 is 0 Å². The van der Waals surface area contributed by atoms with Crippen molar-refractivity contribution in [2.24, 2.45) is 0 Å². The summed E-state index contributed by atoms with van der Waals surface area (Å²) in [6.45, 7) is 3.45. The summed E-state index contributed by atoms with van der Waals surface area (Å²) in [5.74, 6) is 0.714. The molecule has 1 fully saturated rings. The Morgan fingerprint density at radius 1 is 1.50 bits per heavy atom. The highest BCUT2D eigenvalue weighted by molar-refractivity contribution is 6.04. The molecule has 0 N–H and O–H groups in total. The Kier molecular flexibility index (Phi) is 2.35. The lowest BCUT2D eigenvalue weighted by Crippen LogP contribution is -1.98. The molecule has 0 heterocycles. The number of hydrogen-bond donors (Lipinski definition) is 0. The zero-order valence-electron chi connectivity index (χ0n) is 7.90. The van der Waals surface area contributed by atoms with Gasteiger partial charge in [0.05, 0.1) is 6.10 Å². The number of carbonyl (C=O) groups is 1. The molecule has 0 aliphatic heterocycles. The quantitative estimate of drug-likeness (QED) is 0.536. The Morgan fingerprint density at radius 2 is 2.29 bits per heavy atom. The Bertz CT molecular complexity index is 364. The summed E-state index contributed by atoms with van der Waals surface area (Å²) in [5, 5.41) is 0. The molecule has 1 aromatic carbocycles. The van der Waals surface area contributed by atoms with Crippen molar-refractivity contribution < 1.29 is 9.53 Å². The number of allylic oxidation sites excluding steroid dienone is 1. The second kappa shape index (κ2) is 3.66. The van der Waals surface area contributed by atoms with Gasteiger partial charge in [0, 0.05) is 5.56 Å². The largest absolute Gasteiger partial charge is 0.490 e. The lowest BCUT2D eigenvalue weighted by atomic mass is 10.1. The van der Waals surface area contributed by atoms with E-state index < -0.39 is 0 Å². The molecule has 1 saturated carbocycles. The second-order valence-corrected chi connectivity index (χ2v) is 3.41.